The van der Waals surface area contributed by atoms with Gasteiger partial charge in [-0.3, -0.25) is 0 Å². The molecule has 2 nitrogen and oxygen atoms in total. The van der Waals surface area contributed by atoms with Crippen LogP contribution in [0.5, 0.6) is 0 Å². The van der Waals surface area contributed by atoms with E-state index in [0.29, 0.717) is 0 Å². The van der Waals surface area contributed by atoms with Gasteiger partial charge in [0.25, 0.3) is 0 Å². The summed E-state index contributed by atoms with van der Waals surface area (Å²) in [4.78, 5) is 0. The fraction of sp³-hybridized carbons (Fsp3) is 0.667. The highest BCUT2D eigenvalue weighted by atomic mass is 15.0. The minimum Gasteiger partial charge on any atom is -0.378 e. The van der Waals surface area contributed by atoms with Crippen LogP contribution in [-0.2, 0) is 0 Å². The molecule has 2 atom stereocenters. The molecule has 1 saturated carbocycles. The van der Waals surface area contributed by atoms with Crippen LogP contribution in [0.25, 0.3) is 0 Å². The summed E-state index contributed by atoms with van der Waals surface area (Å²) in [5.41, 5.74) is 8.77. The first-order chi connectivity index (χ1) is 9.54. The lowest BCUT2D eigenvalue weighted by molar-refractivity contribution is 0.332. The maximum absolute atomic E-state index is 6.15. The standard InChI is InChI=1S/C18H30N2/c1-14(2)16-7-5-10-18(13-19,11-9-16)20-17-8-4-6-15(3)12-17/h4,6,8,12,14,16,20H,5,7,9-11,13,19H2,1-3H3. The van der Waals surface area contributed by atoms with Crippen LogP contribution in [0.2, 0.25) is 0 Å². The van der Waals surface area contributed by atoms with E-state index in [2.05, 4.69) is 50.4 Å². The quantitative estimate of drug-likeness (QED) is 0.801. The molecule has 0 heterocycles. The molecule has 0 spiro atoms. The minimum absolute atomic E-state index is 0.0947. The molecule has 2 heteroatoms. The Kier molecular flexibility index (Phi) is 5.09. The molecule has 0 bridgehead atoms. The summed E-state index contributed by atoms with van der Waals surface area (Å²) < 4.78 is 0. The Morgan fingerprint density at radius 3 is 2.75 bits per heavy atom. The molecule has 112 valence electrons. The van der Waals surface area contributed by atoms with Gasteiger partial charge in [0.1, 0.15) is 0 Å². The Balaban J connectivity index is 2.09. The molecule has 1 fully saturated rings. The van der Waals surface area contributed by atoms with Crippen molar-refractivity contribution < 1.29 is 0 Å². The lowest BCUT2D eigenvalue weighted by atomic mass is 9.86. The van der Waals surface area contributed by atoms with Crippen molar-refractivity contribution in [3.05, 3.63) is 29.8 Å². The molecule has 0 radical (unpaired) electrons. The van der Waals surface area contributed by atoms with Crippen molar-refractivity contribution in [3.63, 3.8) is 0 Å². The molecule has 0 aromatic heterocycles. The second kappa shape index (κ2) is 6.62. The molecular weight excluding hydrogens is 244 g/mol. The highest BCUT2D eigenvalue weighted by molar-refractivity contribution is 5.48. The predicted molar refractivity (Wildman–Crippen MR) is 88.0 cm³/mol. The van der Waals surface area contributed by atoms with Gasteiger partial charge in [0.15, 0.2) is 0 Å². The van der Waals surface area contributed by atoms with Crippen molar-refractivity contribution in [2.24, 2.45) is 17.6 Å². The molecule has 2 rings (SSSR count). The topological polar surface area (TPSA) is 38.0 Å². The molecule has 0 amide bonds. The molecule has 1 aromatic rings. The van der Waals surface area contributed by atoms with Crippen LogP contribution < -0.4 is 11.1 Å². The first kappa shape index (κ1) is 15.4. The third-order valence-electron chi connectivity index (χ3n) is 4.99. The highest BCUT2D eigenvalue weighted by Crippen LogP contribution is 2.35. The Labute approximate surface area is 124 Å². The smallest absolute Gasteiger partial charge is 0.0495 e. The van der Waals surface area contributed by atoms with E-state index in [1.165, 1.54) is 43.4 Å². The molecule has 1 aromatic carbocycles. The third kappa shape index (κ3) is 3.76. The van der Waals surface area contributed by atoms with Crippen LogP contribution >= 0.6 is 0 Å². The molecule has 2 unspecified atom stereocenters. The van der Waals surface area contributed by atoms with Gasteiger partial charge >= 0.3 is 0 Å². The van der Waals surface area contributed by atoms with Crippen LogP contribution in [0.15, 0.2) is 24.3 Å². The van der Waals surface area contributed by atoms with Crippen LogP contribution in [0, 0.1) is 18.8 Å². The zero-order valence-corrected chi connectivity index (χ0v) is 13.3. The van der Waals surface area contributed by atoms with Crippen LogP contribution in [0.1, 0.15) is 51.5 Å². The summed E-state index contributed by atoms with van der Waals surface area (Å²) in [6.07, 6.45) is 6.34. The number of aryl methyl sites for hydroxylation is 1. The Hall–Kier alpha value is -1.02. The van der Waals surface area contributed by atoms with E-state index < -0.39 is 0 Å². The molecule has 1 aliphatic rings. The Bertz CT molecular complexity index is 427. The summed E-state index contributed by atoms with van der Waals surface area (Å²) in [6.45, 7) is 7.58. The minimum atomic E-state index is 0.0947. The summed E-state index contributed by atoms with van der Waals surface area (Å²) in [6, 6.07) is 8.65. The highest BCUT2D eigenvalue weighted by Gasteiger charge is 2.32. The van der Waals surface area contributed by atoms with Gasteiger partial charge < -0.3 is 11.1 Å². The molecule has 0 aliphatic heterocycles. The maximum atomic E-state index is 6.15. The van der Waals surface area contributed by atoms with Gasteiger partial charge in [-0.1, -0.05) is 38.8 Å². The number of nitrogens with two attached hydrogens (primary N) is 1. The van der Waals surface area contributed by atoms with E-state index in [1.807, 2.05) is 0 Å². The summed E-state index contributed by atoms with van der Waals surface area (Å²) in [5.74, 6) is 1.66. The average Bonchev–Trinajstić information content (AvgIpc) is 2.62. The summed E-state index contributed by atoms with van der Waals surface area (Å²) in [7, 11) is 0. The number of hydrogen-bond donors (Lipinski definition) is 2. The van der Waals surface area contributed by atoms with Gasteiger partial charge in [0.05, 0.1) is 0 Å². The van der Waals surface area contributed by atoms with E-state index in [4.69, 9.17) is 5.73 Å². The normalized spacial score (nSPS) is 27.4. The van der Waals surface area contributed by atoms with Crippen molar-refractivity contribution in [2.75, 3.05) is 11.9 Å². The monoisotopic (exact) mass is 274 g/mol. The van der Waals surface area contributed by atoms with Gasteiger partial charge in [-0.25, -0.2) is 0 Å². The Morgan fingerprint density at radius 1 is 1.30 bits per heavy atom. The van der Waals surface area contributed by atoms with Gasteiger partial charge in [-0.15, -0.1) is 0 Å². The van der Waals surface area contributed by atoms with Crippen molar-refractivity contribution in [2.45, 2.75) is 58.4 Å². The van der Waals surface area contributed by atoms with Crippen molar-refractivity contribution in [1.29, 1.82) is 0 Å². The molecule has 3 N–H and O–H groups in total. The molecule has 0 saturated heterocycles. The molecular formula is C18H30N2. The van der Waals surface area contributed by atoms with Crippen LogP contribution in [-0.4, -0.2) is 12.1 Å². The van der Waals surface area contributed by atoms with E-state index in [9.17, 15) is 0 Å². The molecule has 1 aliphatic carbocycles. The van der Waals surface area contributed by atoms with Crippen LogP contribution in [0.3, 0.4) is 0 Å². The third-order valence-corrected chi connectivity index (χ3v) is 4.99. The predicted octanol–water partition coefficient (Wildman–Crippen LogP) is 4.34. The average molecular weight is 274 g/mol. The van der Waals surface area contributed by atoms with Crippen molar-refractivity contribution in [3.8, 4) is 0 Å². The Morgan fingerprint density at radius 2 is 2.10 bits per heavy atom. The van der Waals surface area contributed by atoms with Gasteiger partial charge in [-0.2, -0.15) is 0 Å². The lowest BCUT2D eigenvalue weighted by Gasteiger charge is -2.34. The van der Waals surface area contributed by atoms with Crippen LogP contribution in [0.4, 0.5) is 5.69 Å². The SMILES string of the molecule is Cc1cccc(NC2(CN)CCCC(C(C)C)CC2)c1. The summed E-state index contributed by atoms with van der Waals surface area (Å²) >= 11 is 0. The number of nitrogens with one attached hydrogen (secondary N) is 1. The van der Waals surface area contributed by atoms with Crippen molar-refractivity contribution in [1.82, 2.24) is 0 Å². The number of benzene rings is 1. The zero-order chi connectivity index (χ0) is 14.6. The second-order valence-corrected chi connectivity index (χ2v) is 6.91. The zero-order valence-electron chi connectivity index (χ0n) is 13.3. The van der Waals surface area contributed by atoms with Gasteiger partial charge in [-0.05, 0) is 55.7 Å². The van der Waals surface area contributed by atoms with Crippen molar-refractivity contribution >= 4 is 5.69 Å². The van der Waals surface area contributed by atoms with Gasteiger partial charge in [0, 0.05) is 17.8 Å². The molecule has 20 heavy (non-hydrogen) atoms. The second-order valence-electron chi connectivity index (χ2n) is 6.91. The fourth-order valence-corrected chi connectivity index (χ4v) is 3.51. The number of hydrogen-bond acceptors (Lipinski definition) is 2. The van der Waals surface area contributed by atoms with E-state index >= 15 is 0 Å². The maximum Gasteiger partial charge on any atom is 0.0495 e. The van der Waals surface area contributed by atoms with E-state index in [0.717, 1.165) is 18.4 Å². The first-order valence-corrected chi connectivity index (χ1v) is 8.09. The number of rotatable bonds is 4. The first-order valence-electron chi connectivity index (χ1n) is 8.09. The fourth-order valence-electron chi connectivity index (χ4n) is 3.51. The largest absolute Gasteiger partial charge is 0.378 e. The number of anilines is 1. The summed E-state index contributed by atoms with van der Waals surface area (Å²) in [5, 5.41) is 3.76. The van der Waals surface area contributed by atoms with E-state index in [1.54, 1.807) is 0 Å². The van der Waals surface area contributed by atoms with E-state index in [-0.39, 0.29) is 5.54 Å². The van der Waals surface area contributed by atoms with Gasteiger partial charge in [0.2, 0.25) is 0 Å². The lowest BCUT2D eigenvalue weighted by Crippen LogP contribution is -2.45.